The van der Waals surface area contributed by atoms with Crippen LogP contribution in [0.2, 0.25) is 5.02 Å². The van der Waals surface area contributed by atoms with Crippen molar-refractivity contribution in [3.05, 3.63) is 29.0 Å². The van der Waals surface area contributed by atoms with Crippen LogP contribution in [-0.2, 0) is 11.8 Å². The van der Waals surface area contributed by atoms with Gasteiger partial charge in [0.25, 0.3) is 0 Å². The molecule has 0 spiro atoms. The molecular weight excluding hydrogens is 236 g/mol. The van der Waals surface area contributed by atoms with Crippen LogP contribution in [0.5, 0.6) is 0 Å². The molecular formula is C13H15ClN2O. The number of ether oxygens (including phenoxy) is 1. The number of rotatable bonds is 1. The second-order valence-corrected chi connectivity index (χ2v) is 4.99. The van der Waals surface area contributed by atoms with Gasteiger partial charge in [-0.2, -0.15) is 0 Å². The molecule has 0 N–H and O–H groups in total. The van der Waals surface area contributed by atoms with Crippen LogP contribution < -0.4 is 0 Å². The van der Waals surface area contributed by atoms with Gasteiger partial charge >= 0.3 is 0 Å². The number of fused-ring (bicyclic) bond motifs is 1. The van der Waals surface area contributed by atoms with Crippen molar-refractivity contribution < 1.29 is 4.74 Å². The molecule has 0 bridgehead atoms. The van der Waals surface area contributed by atoms with E-state index in [0.29, 0.717) is 5.92 Å². The summed E-state index contributed by atoms with van der Waals surface area (Å²) in [6.45, 7) is 1.68. The molecule has 0 radical (unpaired) electrons. The van der Waals surface area contributed by atoms with E-state index in [1.54, 1.807) is 0 Å². The summed E-state index contributed by atoms with van der Waals surface area (Å²) < 4.78 is 7.58. The first-order valence-corrected chi connectivity index (χ1v) is 6.33. The van der Waals surface area contributed by atoms with Gasteiger partial charge in [-0.05, 0) is 31.0 Å². The van der Waals surface area contributed by atoms with Crippen molar-refractivity contribution in [1.29, 1.82) is 0 Å². The van der Waals surface area contributed by atoms with Crippen LogP contribution in [0.25, 0.3) is 11.0 Å². The maximum atomic E-state index is 6.00. The van der Waals surface area contributed by atoms with Gasteiger partial charge in [-0.25, -0.2) is 4.98 Å². The van der Waals surface area contributed by atoms with E-state index < -0.39 is 0 Å². The number of hydrogen-bond acceptors (Lipinski definition) is 2. The Morgan fingerprint density at radius 1 is 1.35 bits per heavy atom. The minimum atomic E-state index is 0.514. The van der Waals surface area contributed by atoms with E-state index in [2.05, 4.69) is 11.6 Å². The number of halogens is 1. The van der Waals surface area contributed by atoms with E-state index >= 15 is 0 Å². The van der Waals surface area contributed by atoms with Crippen molar-refractivity contribution in [2.75, 3.05) is 13.2 Å². The fraction of sp³-hybridized carbons (Fsp3) is 0.462. The molecule has 0 unspecified atom stereocenters. The van der Waals surface area contributed by atoms with Crippen molar-refractivity contribution in [3.63, 3.8) is 0 Å². The number of nitrogens with zero attached hydrogens (tertiary/aromatic N) is 2. The lowest BCUT2D eigenvalue weighted by atomic mass is 9.99. The third-order valence-electron chi connectivity index (χ3n) is 3.46. The van der Waals surface area contributed by atoms with Crippen LogP contribution in [0.15, 0.2) is 18.2 Å². The molecule has 17 heavy (non-hydrogen) atoms. The summed E-state index contributed by atoms with van der Waals surface area (Å²) in [4.78, 5) is 4.72. The lowest BCUT2D eigenvalue weighted by molar-refractivity contribution is 0.0831. The van der Waals surface area contributed by atoms with E-state index in [1.165, 1.54) is 0 Å². The second kappa shape index (κ2) is 4.31. The van der Waals surface area contributed by atoms with Crippen LogP contribution in [0.3, 0.4) is 0 Å². The van der Waals surface area contributed by atoms with Gasteiger partial charge < -0.3 is 9.30 Å². The Hall–Kier alpha value is -1.06. The molecule has 1 aliphatic heterocycles. The van der Waals surface area contributed by atoms with Crippen LogP contribution in [0, 0.1) is 0 Å². The van der Waals surface area contributed by atoms with Gasteiger partial charge in [0.2, 0.25) is 0 Å². The van der Waals surface area contributed by atoms with Crippen molar-refractivity contribution in [1.82, 2.24) is 9.55 Å². The van der Waals surface area contributed by atoms with E-state index in [-0.39, 0.29) is 0 Å². The van der Waals surface area contributed by atoms with Gasteiger partial charge in [-0.15, -0.1) is 0 Å². The molecule has 1 saturated heterocycles. The molecule has 1 aromatic carbocycles. The molecule has 90 valence electrons. The Bertz CT molecular complexity index is 544. The monoisotopic (exact) mass is 250 g/mol. The zero-order chi connectivity index (χ0) is 11.8. The van der Waals surface area contributed by atoms with Crippen molar-refractivity contribution in [2.24, 2.45) is 7.05 Å². The minimum Gasteiger partial charge on any atom is -0.381 e. The van der Waals surface area contributed by atoms with Gasteiger partial charge in [0.05, 0.1) is 11.0 Å². The Labute approximate surface area is 105 Å². The fourth-order valence-electron chi connectivity index (χ4n) is 2.51. The maximum absolute atomic E-state index is 6.00. The quantitative estimate of drug-likeness (QED) is 0.778. The highest BCUT2D eigenvalue weighted by Gasteiger charge is 2.21. The predicted octanol–water partition coefficient (Wildman–Crippen LogP) is 3.12. The summed E-state index contributed by atoms with van der Waals surface area (Å²) in [5.74, 6) is 1.67. The van der Waals surface area contributed by atoms with Gasteiger partial charge in [-0.3, -0.25) is 0 Å². The lowest BCUT2D eigenvalue weighted by Gasteiger charge is -2.21. The molecule has 1 aliphatic rings. The zero-order valence-corrected chi connectivity index (χ0v) is 10.6. The minimum absolute atomic E-state index is 0.514. The van der Waals surface area contributed by atoms with E-state index in [4.69, 9.17) is 21.3 Å². The Kier molecular flexibility index (Phi) is 2.81. The first-order valence-electron chi connectivity index (χ1n) is 5.95. The average Bonchev–Trinajstić information content (AvgIpc) is 2.67. The summed E-state index contributed by atoms with van der Waals surface area (Å²) in [5, 5.41) is 0.745. The molecule has 0 amide bonds. The second-order valence-electron chi connectivity index (χ2n) is 4.55. The molecule has 0 saturated carbocycles. The maximum Gasteiger partial charge on any atom is 0.112 e. The first-order chi connectivity index (χ1) is 8.25. The smallest absolute Gasteiger partial charge is 0.112 e. The Balaban J connectivity index is 2.07. The third-order valence-corrected chi connectivity index (χ3v) is 3.70. The number of aromatic nitrogens is 2. The number of aryl methyl sites for hydroxylation is 1. The zero-order valence-electron chi connectivity index (χ0n) is 9.82. The molecule has 0 atom stereocenters. The topological polar surface area (TPSA) is 27.1 Å². The highest BCUT2D eigenvalue weighted by atomic mass is 35.5. The van der Waals surface area contributed by atoms with Gasteiger partial charge in [0.1, 0.15) is 5.82 Å². The SMILES string of the molecule is Cn1c(C2CCOCC2)nc2cc(Cl)ccc21. The van der Waals surface area contributed by atoms with Gasteiger partial charge in [-0.1, -0.05) is 11.6 Å². The standard InChI is InChI=1S/C13H15ClN2O/c1-16-12-3-2-10(14)8-11(12)15-13(16)9-4-6-17-7-5-9/h2-3,8-9H,4-7H2,1H3. The van der Waals surface area contributed by atoms with E-state index in [9.17, 15) is 0 Å². The fourth-order valence-corrected chi connectivity index (χ4v) is 2.68. The summed E-state index contributed by atoms with van der Waals surface area (Å²) in [6, 6.07) is 5.88. The van der Waals surface area contributed by atoms with Gasteiger partial charge in [0.15, 0.2) is 0 Å². The Morgan fingerprint density at radius 2 is 2.12 bits per heavy atom. The number of hydrogen-bond donors (Lipinski definition) is 0. The molecule has 1 aromatic heterocycles. The summed E-state index contributed by atoms with van der Waals surface area (Å²) in [6.07, 6.45) is 2.12. The van der Waals surface area contributed by atoms with Crippen molar-refractivity contribution in [3.8, 4) is 0 Å². The number of benzene rings is 1. The molecule has 4 heteroatoms. The molecule has 1 fully saturated rings. The van der Waals surface area contributed by atoms with Crippen LogP contribution >= 0.6 is 11.6 Å². The molecule has 3 nitrogen and oxygen atoms in total. The Morgan fingerprint density at radius 3 is 2.88 bits per heavy atom. The van der Waals surface area contributed by atoms with Crippen LogP contribution in [0.4, 0.5) is 0 Å². The number of imidazole rings is 1. The summed E-state index contributed by atoms with van der Waals surface area (Å²) in [5.41, 5.74) is 2.14. The van der Waals surface area contributed by atoms with Crippen LogP contribution in [-0.4, -0.2) is 22.8 Å². The molecule has 2 aromatic rings. The predicted molar refractivity (Wildman–Crippen MR) is 68.5 cm³/mol. The van der Waals surface area contributed by atoms with Gasteiger partial charge in [0, 0.05) is 31.2 Å². The highest BCUT2D eigenvalue weighted by molar-refractivity contribution is 6.31. The molecule has 0 aliphatic carbocycles. The lowest BCUT2D eigenvalue weighted by Crippen LogP contribution is -2.17. The van der Waals surface area contributed by atoms with E-state index in [0.717, 1.165) is 47.9 Å². The summed E-state index contributed by atoms with van der Waals surface area (Å²) in [7, 11) is 2.08. The largest absolute Gasteiger partial charge is 0.381 e. The third kappa shape index (κ3) is 1.94. The highest BCUT2D eigenvalue weighted by Crippen LogP contribution is 2.29. The van der Waals surface area contributed by atoms with Crippen molar-refractivity contribution in [2.45, 2.75) is 18.8 Å². The molecule has 2 heterocycles. The molecule has 3 rings (SSSR count). The summed E-state index contributed by atoms with van der Waals surface area (Å²) >= 11 is 6.00. The van der Waals surface area contributed by atoms with Crippen molar-refractivity contribution >= 4 is 22.6 Å². The van der Waals surface area contributed by atoms with E-state index in [1.807, 2.05) is 18.2 Å². The van der Waals surface area contributed by atoms with Crippen LogP contribution in [0.1, 0.15) is 24.6 Å². The first kappa shape index (κ1) is 11.1. The normalized spacial score (nSPS) is 17.8. The average molecular weight is 251 g/mol.